The highest BCUT2D eigenvalue weighted by molar-refractivity contribution is 7.92. The van der Waals surface area contributed by atoms with Crippen LogP contribution in [0, 0.1) is 12.8 Å². The fourth-order valence-electron chi connectivity index (χ4n) is 4.89. The summed E-state index contributed by atoms with van der Waals surface area (Å²) >= 11 is 12.7. The van der Waals surface area contributed by atoms with E-state index < -0.39 is 28.5 Å². The number of nitrogens with zero attached hydrogens (tertiary/aromatic N) is 2. The van der Waals surface area contributed by atoms with E-state index in [1.54, 1.807) is 67.6 Å². The molecule has 10 heteroatoms. The minimum absolute atomic E-state index is 0.0452. The van der Waals surface area contributed by atoms with Crippen molar-refractivity contribution in [2.45, 2.75) is 44.7 Å². The Morgan fingerprint density at radius 1 is 0.844 bits per heavy atom. The normalized spacial score (nSPS) is 12.0. The predicted molar refractivity (Wildman–Crippen MR) is 181 cm³/mol. The van der Waals surface area contributed by atoms with Crippen molar-refractivity contribution in [1.82, 2.24) is 10.2 Å². The summed E-state index contributed by atoms with van der Waals surface area (Å²) in [5, 5.41) is 3.73. The Hall–Kier alpha value is -3.85. The molecule has 0 saturated carbocycles. The van der Waals surface area contributed by atoms with Gasteiger partial charge in [0.1, 0.15) is 12.6 Å². The molecule has 1 atom stereocenters. The van der Waals surface area contributed by atoms with Crippen molar-refractivity contribution in [1.29, 1.82) is 0 Å². The minimum Gasteiger partial charge on any atom is -0.354 e. The molecule has 2 amide bonds. The van der Waals surface area contributed by atoms with E-state index in [0.717, 1.165) is 9.87 Å². The number of para-hydroxylation sites is 1. The molecule has 4 rings (SSSR count). The lowest BCUT2D eigenvalue weighted by Crippen LogP contribution is -2.53. The first-order chi connectivity index (χ1) is 21.5. The van der Waals surface area contributed by atoms with Crippen LogP contribution >= 0.6 is 23.2 Å². The third-order valence-corrected chi connectivity index (χ3v) is 9.67. The standard InChI is InChI=1S/C35H37Cl2N3O4S/c1-25(2)22-38-35(42)33(20-27-13-6-4-7-14-27)39(23-28-18-19-29(36)21-31(28)37)34(41)24-40(32-17-11-10-12-26(32)3)45(43,44)30-15-8-5-9-16-30/h4-19,21,25,33H,20,22-24H2,1-3H3,(H,38,42)/t33-/m1/s1. The first-order valence-corrected chi connectivity index (χ1v) is 16.9. The average Bonchev–Trinajstić information content (AvgIpc) is 3.02. The fraction of sp³-hybridized carbons (Fsp3) is 0.257. The Bertz CT molecular complexity index is 1720. The Balaban J connectivity index is 1.82. The van der Waals surface area contributed by atoms with Crippen LogP contribution in [0.1, 0.15) is 30.5 Å². The second-order valence-corrected chi connectivity index (χ2v) is 13.9. The first-order valence-electron chi connectivity index (χ1n) is 14.7. The van der Waals surface area contributed by atoms with Gasteiger partial charge in [-0.05, 0) is 59.9 Å². The van der Waals surface area contributed by atoms with Crippen molar-refractivity contribution in [3.63, 3.8) is 0 Å². The summed E-state index contributed by atoms with van der Waals surface area (Å²) in [6.07, 6.45) is 0.206. The summed E-state index contributed by atoms with van der Waals surface area (Å²) in [5.41, 5.74) is 2.45. The largest absolute Gasteiger partial charge is 0.354 e. The molecule has 0 heterocycles. The molecule has 0 bridgehead atoms. The van der Waals surface area contributed by atoms with Crippen LogP contribution in [-0.4, -0.2) is 44.3 Å². The zero-order chi connectivity index (χ0) is 32.6. The van der Waals surface area contributed by atoms with Crippen LogP contribution in [0.4, 0.5) is 5.69 Å². The number of nitrogens with one attached hydrogen (secondary N) is 1. The van der Waals surface area contributed by atoms with Crippen molar-refractivity contribution < 1.29 is 18.0 Å². The van der Waals surface area contributed by atoms with Gasteiger partial charge in [0.15, 0.2) is 0 Å². The molecule has 236 valence electrons. The number of hydrogen-bond donors (Lipinski definition) is 1. The SMILES string of the molecule is Cc1ccccc1N(CC(=O)N(Cc1ccc(Cl)cc1Cl)[C@H](Cc1ccccc1)C(=O)NCC(C)C)S(=O)(=O)c1ccccc1. The fourth-order valence-corrected chi connectivity index (χ4v) is 6.85. The molecule has 4 aromatic rings. The lowest BCUT2D eigenvalue weighted by molar-refractivity contribution is -0.140. The van der Waals surface area contributed by atoms with E-state index in [-0.39, 0.29) is 29.7 Å². The molecule has 0 spiro atoms. The zero-order valence-corrected chi connectivity index (χ0v) is 27.8. The molecule has 45 heavy (non-hydrogen) atoms. The van der Waals surface area contributed by atoms with Crippen LogP contribution in [0.15, 0.2) is 108 Å². The lowest BCUT2D eigenvalue weighted by Gasteiger charge is -2.34. The number of carbonyl (C=O) groups excluding carboxylic acids is 2. The lowest BCUT2D eigenvalue weighted by atomic mass is 10.0. The molecule has 0 unspecified atom stereocenters. The third-order valence-electron chi connectivity index (χ3n) is 7.31. The second kappa shape index (κ2) is 15.4. The maximum atomic E-state index is 14.5. The highest BCUT2D eigenvalue weighted by atomic mass is 35.5. The number of aryl methyl sites for hydroxylation is 1. The summed E-state index contributed by atoms with van der Waals surface area (Å²) in [6.45, 7) is 5.57. The number of halogens is 2. The van der Waals surface area contributed by atoms with Crippen molar-refractivity contribution in [2.24, 2.45) is 5.92 Å². The Morgan fingerprint density at radius 2 is 1.47 bits per heavy atom. The number of benzene rings is 4. The van der Waals surface area contributed by atoms with Crippen molar-refractivity contribution in [2.75, 3.05) is 17.4 Å². The van der Waals surface area contributed by atoms with Gasteiger partial charge in [-0.15, -0.1) is 0 Å². The molecular weight excluding hydrogens is 629 g/mol. The van der Waals surface area contributed by atoms with E-state index in [9.17, 15) is 18.0 Å². The van der Waals surface area contributed by atoms with Gasteiger partial charge in [-0.25, -0.2) is 8.42 Å². The zero-order valence-electron chi connectivity index (χ0n) is 25.5. The van der Waals surface area contributed by atoms with Crippen LogP contribution in [0.5, 0.6) is 0 Å². The Labute approximate surface area is 275 Å². The smallest absolute Gasteiger partial charge is 0.264 e. The molecule has 0 aliphatic carbocycles. The monoisotopic (exact) mass is 665 g/mol. The molecule has 4 aromatic carbocycles. The molecule has 0 aliphatic heterocycles. The van der Waals surface area contributed by atoms with Gasteiger partial charge in [-0.2, -0.15) is 0 Å². The summed E-state index contributed by atoms with van der Waals surface area (Å²) in [4.78, 5) is 29.9. The van der Waals surface area contributed by atoms with Gasteiger partial charge in [-0.3, -0.25) is 13.9 Å². The number of rotatable bonds is 13. The average molecular weight is 667 g/mol. The molecule has 1 N–H and O–H groups in total. The van der Waals surface area contributed by atoms with E-state index in [1.165, 1.54) is 17.0 Å². The molecule has 0 aromatic heterocycles. The Kier molecular flexibility index (Phi) is 11.7. The maximum absolute atomic E-state index is 14.5. The molecule has 0 aliphatic rings. The summed E-state index contributed by atoms with van der Waals surface area (Å²) in [6, 6.07) is 28.3. The molecule has 0 fully saturated rings. The topological polar surface area (TPSA) is 86.8 Å². The molecule has 0 saturated heterocycles. The van der Waals surface area contributed by atoms with Crippen LogP contribution in [0.25, 0.3) is 0 Å². The number of sulfonamides is 1. The number of carbonyl (C=O) groups is 2. The molecular formula is C35H37Cl2N3O4S. The Morgan fingerprint density at radius 3 is 2.09 bits per heavy atom. The quantitative estimate of drug-likeness (QED) is 0.168. The van der Waals surface area contributed by atoms with Gasteiger partial charge in [0.05, 0.1) is 10.6 Å². The van der Waals surface area contributed by atoms with Crippen LogP contribution < -0.4 is 9.62 Å². The van der Waals surface area contributed by atoms with Gasteiger partial charge in [0.25, 0.3) is 10.0 Å². The van der Waals surface area contributed by atoms with Crippen molar-refractivity contribution in [3.05, 3.63) is 130 Å². The molecule has 7 nitrogen and oxygen atoms in total. The van der Waals surface area contributed by atoms with Gasteiger partial charge < -0.3 is 10.2 Å². The summed E-state index contributed by atoms with van der Waals surface area (Å²) in [5.74, 6) is -0.738. The van der Waals surface area contributed by atoms with Gasteiger partial charge in [0.2, 0.25) is 11.8 Å². The van der Waals surface area contributed by atoms with E-state index in [2.05, 4.69) is 5.32 Å². The molecule has 0 radical (unpaired) electrons. The first kappa shape index (κ1) is 34.0. The number of hydrogen-bond acceptors (Lipinski definition) is 4. The second-order valence-electron chi connectivity index (χ2n) is 11.2. The van der Waals surface area contributed by atoms with Gasteiger partial charge >= 0.3 is 0 Å². The maximum Gasteiger partial charge on any atom is 0.264 e. The van der Waals surface area contributed by atoms with E-state index in [1.807, 2.05) is 44.2 Å². The predicted octanol–water partition coefficient (Wildman–Crippen LogP) is 6.91. The third kappa shape index (κ3) is 8.87. The minimum atomic E-state index is -4.18. The number of amides is 2. The van der Waals surface area contributed by atoms with Crippen LogP contribution in [-0.2, 0) is 32.6 Å². The van der Waals surface area contributed by atoms with Gasteiger partial charge in [-0.1, -0.05) is 110 Å². The number of anilines is 1. The van der Waals surface area contributed by atoms with Gasteiger partial charge in [0, 0.05) is 29.6 Å². The van der Waals surface area contributed by atoms with E-state index in [4.69, 9.17) is 23.2 Å². The van der Waals surface area contributed by atoms with E-state index >= 15 is 0 Å². The highest BCUT2D eigenvalue weighted by Crippen LogP contribution is 2.29. The summed E-state index contributed by atoms with van der Waals surface area (Å²) in [7, 11) is -4.18. The van der Waals surface area contributed by atoms with E-state index in [0.29, 0.717) is 33.4 Å². The van der Waals surface area contributed by atoms with Crippen molar-refractivity contribution >= 4 is 50.7 Å². The highest BCUT2D eigenvalue weighted by Gasteiger charge is 2.35. The summed E-state index contributed by atoms with van der Waals surface area (Å²) < 4.78 is 29.3. The van der Waals surface area contributed by atoms with Crippen LogP contribution in [0.2, 0.25) is 10.0 Å². The van der Waals surface area contributed by atoms with Crippen molar-refractivity contribution in [3.8, 4) is 0 Å². The van der Waals surface area contributed by atoms with Crippen LogP contribution in [0.3, 0.4) is 0 Å².